The summed E-state index contributed by atoms with van der Waals surface area (Å²) in [6.07, 6.45) is 2.73. The summed E-state index contributed by atoms with van der Waals surface area (Å²) < 4.78 is 36.6. The molecule has 1 aliphatic heterocycles. The number of sulfonamides is 1. The molecule has 1 N–H and O–H groups in total. The molecule has 0 bridgehead atoms. The van der Waals surface area contributed by atoms with Crippen LogP contribution in [0.5, 0.6) is 11.5 Å². The van der Waals surface area contributed by atoms with Crippen molar-refractivity contribution < 1.29 is 22.7 Å². The predicted molar refractivity (Wildman–Crippen MR) is 96.8 cm³/mol. The van der Waals surface area contributed by atoms with Gasteiger partial charge in [0.15, 0.2) is 11.5 Å². The summed E-state index contributed by atoms with van der Waals surface area (Å²) in [6, 6.07) is 5.18. The highest BCUT2D eigenvalue weighted by Crippen LogP contribution is 2.34. The second kappa shape index (κ2) is 8.42. The zero-order valence-electron chi connectivity index (χ0n) is 14.9. The molecule has 0 fully saturated rings. The van der Waals surface area contributed by atoms with Crippen LogP contribution in [0.15, 0.2) is 18.2 Å². The van der Waals surface area contributed by atoms with E-state index >= 15 is 0 Å². The van der Waals surface area contributed by atoms with Gasteiger partial charge in [-0.2, -0.15) is 0 Å². The number of nitrogens with one attached hydrogen (secondary N) is 1. The van der Waals surface area contributed by atoms with E-state index in [0.717, 1.165) is 12.7 Å². The maximum atomic E-state index is 12.2. The van der Waals surface area contributed by atoms with Crippen LogP contribution in [0.4, 0.5) is 5.69 Å². The SMILES string of the molecule is CC[C@H](C)NC(=O)CCCN(c1ccc2c(c1)OCCO2)S(C)(=O)=O. The van der Waals surface area contributed by atoms with Crippen LogP contribution in [0.25, 0.3) is 0 Å². The number of ether oxygens (including phenoxy) is 2. The van der Waals surface area contributed by atoms with Crippen LogP contribution in [0.3, 0.4) is 0 Å². The molecule has 0 radical (unpaired) electrons. The van der Waals surface area contributed by atoms with Crippen molar-refractivity contribution >= 4 is 21.6 Å². The molecule has 0 saturated heterocycles. The van der Waals surface area contributed by atoms with Crippen molar-refractivity contribution in [2.24, 2.45) is 0 Å². The van der Waals surface area contributed by atoms with Crippen molar-refractivity contribution in [1.82, 2.24) is 5.32 Å². The van der Waals surface area contributed by atoms with E-state index < -0.39 is 10.0 Å². The Morgan fingerprint density at radius 3 is 2.60 bits per heavy atom. The van der Waals surface area contributed by atoms with Gasteiger partial charge in [-0.1, -0.05) is 6.92 Å². The monoisotopic (exact) mass is 370 g/mol. The van der Waals surface area contributed by atoms with Crippen LogP contribution in [-0.2, 0) is 14.8 Å². The molecule has 1 aromatic rings. The lowest BCUT2D eigenvalue weighted by molar-refractivity contribution is -0.121. The van der Waals surface area contributed by atoms with Gasteiger partial charge in [-0.3, -0.25) is 9.10 Å². The van der Waals surface area contributed by atoms with Gasteiger partial charge in [0.2, 0.25) is 15.9 Å². The lowest BCUT2D eigenvalue weighted by atomic mass is 10.2. The van der Waals surface area contributed by atoms with Crippen molar-refractivity contribution in [3.63, 3.8) is 0 Å². The fourth-order valence-corrected chi connectivity index (χ4v) is 3.46. The number of rotatable bonds is 8. The summed E-state index contributed by atoms with van der Waals surface area (Å²) >= 11 is 0. The fourth-order valence-electron chi connectivity index (χ4n) is 2.51. The number of anilines is 1. The van der Waals surface area contributed by atoms with E-state index in [1.54, 1.807) is 18.2 Å². The first kappa shape index (κ1) is 19.4. The molecule has 1 amide bonds. The number of carbonyl (C=O) groups is 1. The highest BCUT2D eigenvalue weighted by atomic mass is 32.2. The van der Waals surface area contributed by atoms with E-state index in [2.05, 4.69) is 5.32 Å². The van der Waals surface area contributed by atoms with Crippen LogP contribution in [-0.4, -0.2) is 46.4 Å². The Kier molecular flexibility index (Phi) is 6.52. The van der Waals surface area contributed by atoms with Crippen molar-refractivity contribution in [2.75, 3.05) is 30.3 Å². The smallest absolute Gasteiger partial charge is 0.232 e. The molecule has 1 aromatic carbocycles. The molecule has 1 atom stereocenters. The normalized spacial score (nSPS) is 14.7. The summed E-state index contributed by atoms with van der Waals surface area (Å²) in [4.78, 5) is 11.9. The summed E-state index contributed by atoms with van der Waals surface area (Å²) in [5.74, 6) is 1.08. The second-order valence-corrected chi connectivity index (χ2v) is 8.05. The van der Waals surface area contributed by atoms with Crippen molar-refractivity contribution in [3.8, 4) is 11.5 Å². The molecule has 140 valence electrons. The number of fused-ring (bicyclic) bond motifs is 1. The molecule has 1 heterocycles. The highest BCUT2D eigenvalue weighted by Gasteiger charge is 2.21. The van der Waals surface area contributed by atoms with Crippen molar-refractivity contribution in [3.05, 3.63) is 18.2 Å². The first-order valence-electron chi connectivity index (χ1n) is 8.48. The Labute approximate surface area is 149 Å². The van der Waals surface area contributed by atoms with E-state index in [9.17, 15) is 13.2 Å². The third-order valence-corrected chi connectivity index (χ3v) is 5.19. The molecule has 8 heteroatoms. The van der Waals surface area contributed by atoms with Crippen LogP contribution in [0.1, 0.15) is 33.1 Å². The maximum absolute atomic E-state index is 12.2. The summed E-state index contributed by atoms with van der Waals surface area (Å²) in [7, 11) is -3.46. The van der Waals surface area contributed by atoms with Crippen molar-refractivity contribution in [1.29, 1.82) is 0 Å². The van der Waals surface area contributed by atoms with E-state index in [4.69, 9.17) is 9.47 Å². The average Bonchev–Trinajstić information content (AvgIpc) is 2.57. The number of carbonyl (C=O) groups excluding carboxylic acids is 1. The van der Waals surface area contributed by atoms with E-state index in [1.807, 2.05) is 13.8 Å². The van der Waals surface area contributed by atoms with E-state index in [1.165, 1.54) is 4.31 Å². The Bertz CT molecular complexity index is 705. The van der Waals surface area contributed by atoms with Gasteiger partial charge in [-0.25, -0.2) is 8.42 Å². The topological polar surface area (TPSA) is 84.9 Å². The fraction of sp³-hybridized carbons (Fsp3) is 0.588. The summed E-state index contributed by atoms with van der Waals surface area (Å²) in [5, 5.41) is 2.88. The molecular formula is C17H26N2O5S. The quantitative estimate of drug-likeness (QED) is 0.756. The molecule has 0 spiro atoms. The lowest BCUT2D eigenvalue weighted by Crippen LogP contribution is -2.34. The zero-order valence-corrected chi connectivity index (χ0v) is 15.8. The highest BCUT2D eigenvalue weighted by molar-refractivity contribution is 7.92. The summed E-state index contributed by atoms with van der Waals surface area (Å²) in [6.45, 7) is 5.08. The van der Waals surface area contributed by atoms with Gasteiger partial charge in [-0.15, -0.1) is 0 Å². The molecule has 25 heavy (non-hydrogen) atoms. The van der Waals surface area contributed by atoms with E-state index in [0.29, 0.717) is 36.8 Å². The molecule has 7 nitrogen and oxygen atoms in total. The molecule has 0 aliphatic carbocycles. The Morgan fingerprint density at radius 2 is 1.96 bits per heavy atom. The predicted octanol–water partition coefficient (Wildman–Crippen LogP) is 1.92. The Hall–Kier alpha value is -1.96. The molecule has 0 saturated carbocycles. The largest absolute Gasteiger partial charge is 0.486 e. The first-order valence-corrected chi connectivity index (χ1v) is 10.3. The van der Waals surface area contributed by atoms with Crippen LogP contribution >= 0.6 is 0 Å². The number of hydrogen-bond donors (Lipinski definition) is 1. The van der Waals surface area contributed by atoms with Crippen LogP contribution in [0.2, 0.25) is 0 Å². The summed E-state index contributed by atoms with van der Waals surface area (Å²) in [5.41, 5.74) is 0.508. The van der Waals surface area contributed by atoms with Crippen LogP contribution in [0, 0.1) is 0 Å². The number of amides is 1. The molecule has 1 aliphatic rings. The number of benzene rings is 1. The lowest BCUT2D eigenvalue weighted by Gasteiger charge is -2.25. The zero-order chi connectivity index (χ0) is 18.4. The molecular weight excluding hydrogens is 344 g/mol. The Morgan fingerprint density at radius 1 is 1.28 bits per heavy atom. The van der Waals surface area contributed by atoms with E-state index in [-0.39, 0.29) is 24.9 Å². The second-order valence-electron chi connectivity index (χ2n) is 6.14. The van der Waals surface area contributed by atoms with Gasteiger partial charge in [0.25, 0.3) is 0 Å². The molecule has 0 unspecified atom stereocenters. The minimum Gasteiger partial charge on any atom is -0.486 e. The average molecular weight is 370 g/mol. The van der Waals surface area contributed by atoms with Crippen LogP contribution < -0.4 is 19.1 Å². The third kappa shape index (κ3) is 5.52. The maximum Gasteiger partial charge on any atom is 0.232 e. The van der Waals surface area contributed by atoms with Gasteiger partial charge < -0.3 is 14.8 Å². The minimum absolute atomic E-state index is 0.0648. The minimum atomic E-state index is -3.46. The van der Waals surface area contributed by atoms with Gasteiger partial charge in [0, 0.05) is 25.1 Å². The van der Waals surface area contributed by atoms with Gasteiger partial charge in [0.05, 0.1) is 11.9 Å². The van der Waals surface area contributed by atoms with Gasteiger partial charge in [-0.05, 0) is 31.9 Å². The Balaban J connectivity index is 2.04. The molecule has 0 aromatic heterocycles. The van der Waals surface area contributed by atoms with Crippen molar-refractivity contribution in [2.45, 2.75) is 39.2 Å². The number of nitrogens with zero attached hydrogens (tertiary/aromatic N) is 1. The first-order chi connectivity index (χ1) is 11.8. The van der Waals surface area contributed by atoms with Gasteiger partial charge in [0.1, 0.15) is 13.2 Å². The third-order valence-electron chi connectivity index (χ3n) is 4.00. The van der Waals surface area contributed by atoms with Gasteiger partial charge >= 0.3 is 0 Å². The standard InChI is InChI=1S/C17H26N2O5S/c1-4-13(2)18-17(20)6-5-9-19(25(3,21)22)14-7-8-15-16(12-14)24-11-10-23-15/h7-8,12-13H,4-6,9-11H2,1-3H3,(H,18,20)/t13-/m0/s1. The molecule has 2 rings (SSSR count). The number of hydrogen-bond acceptors (Lipinski definition) is 5.